The second-order valence-corrected chi connectivity index (χ2v) is 20.8. The predicted molar refractivity (Wildman–Crippen MR) is 197 cm³/mol. The number of unbranched alkanes of at least 4 members (excludes halogenated alkanes) is 2. The standard InChI is InChI=1S/C27H44Br4Cl2O12P2/c1-21(2)23(34)40-15-7-5-9-26(30,32)19-44-46(36,37)42-17-25(11-13-28,12-14-29)18-43-47(38,39)45-20-27(31,33)10-6-8-16-41-24(35)22(3)4/h1,3,5-20H2,2,4H3,(H,36,37)(H,38,39). The van der Waals surface area contributed by atoms with Crippen molar-refractivity contribution in [3.63, 3.8) is 0 Å². The highest BCUT2D eigenvalue weighted by Crippen LogP contribution is 2.51. The summed E-state index contributed by atoms with van der Waals surface area (Å²) in [6.07, 6.45) is 3.35. The lowest BCUT2D eigenvalue weighted by atomic mass is 9.84. The lowest BCUT2D eigenvalue weighted by molar-refractivity contribution is -0.139. The molecule has 0 aliphatic rings. The Morgan fingerprint density at radius 2 is 0.979 bits per heavy atom. The second kappa shape index (κ2) is 23.7. The van der Waals surface area contributed by atoms with Crippen LogP contribution < -0.4 is 0 Å². The van der Waals surface area contributed by atoms with Crippen LogP contribution in [0.4, 0.5) is 0 Å². The minimum atomic E-state index is -4.63. The predicted octanol–water partition coefficient (Wildman–Crippen LogP) is 9.05. The highest BCUT2D eigenvalue weighted by molar-refractivity contribution is 9.10. The molecular formula is C27H44Br4Cl2O12P2. The Balaban J connectivity index is 4.99. The van der Waals surface area contributed by atoms with Gasteiger partial charge >= 0.3 is 27.6 Å². The van der Waals surface area contributed by atoms with Gasteiger partial charge < -0.3 is 19.3 Å². The second-order valence-electron chi connectivity index (χ2n) is 10.9. The normalized spacial score (nSPS) is 17.1. The first-order valence-corrected chi connectivity index (χ1v) is 21.9. The van der Waals surface area contributed by atoms with Gasteiger partial charge in [0.1, 0.15) is 7.57 Å². The number of ether oxygens (including phenoxy) is 2. The van der Waals surface area contributed by atoms with E-state index >= 15 is 0 Å². The van der Waals surface area contributed by atoms with Crippen molar-refractivity contribution in [1.29, 1.82) is 0 Å². The number of hydrogen-bond donors (Lipinski definition) is 2. The molecule has 0 rings (SSSR count). The molecule has 2 N–H and O–H groups in total. The Hall–Kier alpha value is 1.14. The maximum absolute atomic E-state index is 12.8. The maximum Gasteiger partial charge on any atom is 0.472 e. The summed E-state index contributed by atoms with van der Waals surface area (Å²) in [6, 6.07) is 0. The van der Waals surface area contributed by atoms with Crippen molar-refractivity contribution in [3.8, 4) is 0 Å². The number of esters is 2. The minimum Gasteiger partial charge on any atom is -0.462 e. The van der Waals surface area contributed by atoms with E-state index in [1.807, 2.05) is 0 Å². The molecule has 0 amide bonds. The fourth-order valence-electron chi connectivity index (χ4n) is 3.41. The first-order chi connectivity index (χ1) is 21.6. The SMILES string of the molecule is C=C(C)C(=O)OCCCCC(Cl)(Br)COP(=O)(O)OCC(CCBr)(CCBr)COP(=O)(O)OCC(Cl)(Br)CCCCOC(=O)C(=C)C. The summed E-state index contributed by atoms with van der Waals surface area (Å²) in [5, 5.41) is 0.837. The number of phosphoric acid groups is 2. The van der Waals surface area contributed by atoms with Gasteiger partial charge in [-0.25, -0.2) is 18.7 Å². The van der Waals surface area contributed by atoms with Gasteiger partial charge in [-0.05, 0) is 65.2 Å². The van der Waals surface area contributed by atoms with Crippen LogP contribution in [0.3, 0.4) is 0 Å². The summed E-state index contributed by atoms with van der Waals surface area (Å²) < 4.78 is 54.1. The molecule has 0 aromatic carbocycles. The average molecular weight is 1010 g/mol. The van der Waals surface area contributed by atoms with E-state index in [2.05, 4.69) is 76.9 Å². The van der Waals surface area contributed by atoms with Gasteiger partial charge in [0.15, 0.2) is 0 Å². The first kappa shape index (κ1) is 48.1. The van der Waals surface area contributed by atoms with E-state index in [1.165, 1.54) is 0 Å². The van der Waals surface area contributed by atoms with E-state index < -0.39 is 40.6 Å². The van der Waals surface area contributed by atoms with Crippen molar-refractivity contribution in [3.05, 3.63) is 24.3 Å². The van der Waals surface area contributed by atoms with Crippen molar-refractivity contribution < 1.29 is 56.1 Å². The third kappa shape index (κ3) is 24.1. The number of rotatable bonds is 28. The van der Waals surface area contributed by atoms with Crippen LogP contribution in [-0.4, -0.2) is 79.6 Å². The Labute approximate surface area is 321 Å². The molecule has 0 aromatic heterocycles. The molecule has 4 unspecified atom stereocenters. The molecular weight excluding hydrogens is 969 g/mol. The third-order valence-electron chi connectivity index (χ3n) is 6.23. The maximum atomic E-state index is 12.8. The van der Waals surface area contributed by atoms with Crippen molar-refractivity contribution in [2.75, 3.05) is 50.3 Å². The molecule has 12 nitrogen and oxygen atoms in total. The zero-order valence-electron chi connectivity index (χ0n) is 26.4. The van der Waals surface area contributed by atoms with E-state index in [1.54, 1.807) is 13.8 Å². The first-order valence-electron chi connectivity index (χ1n) is 14.4. The molecule has 0 heterocycles. The molecule has 0 saturated heterocycles. The number of carbonyl (C=O) groups excluding carboxylic acids is 2. The van der Waals surface area contributed by atoms with Gasteiger partial charge in [0.25, 0.3) is 0 Å². The summed E-state index contributed by atoms with van der Waals surface area (Å²) in [5.41, 5.74) is -0.413. The highest BCUT2D eigenvalue weighted by atomic mass is 79.9. The van der Waals surface area contributed by atoms with E-state index in [0.717, 1.165) is 0 Å². The molecule has 276 valence electrons. The van der Waals surface area contributed by atoms with Gasteiger partial charge in [-0.3, -0.25) is 18.1 Å². The Morgan fingerprint density at radius 1 is 0.660 bits per heavy atom. The smallest absolute Gasteiger partial charge is 0.462 e. The lowest BCUT2D eigenvalue weighted by Crippen LogP contribution is -2.33. The van der Waals surface area contributed by atoms with E-state index in [-0.39, 0.29) is 39.6 Å². The van der Waals surface area contributed by atoms with Crippen LogP contribution >= 0.6 is 103 Å². The Morgan fingerprint density at radius 3 is 1.28 bits per heavy atom. The van der Waals surface area contributed by atoms with Gasteiger partial charge in [-0.15, -0.1) is 23.2 Å². The van der Waals surface area contributed by atoms with Gasteiger partial charge in [-0.2, -0.15) is 0 Å². The fourth-order valence-corrected chi connectivity index (χ4v) is 8.56. The van der Waals surface area contributed by atoms with Crippen LogP contribution in [0, 0.1) is 5.41 Å². The molecule has 0 aliphatic carbocycles. The van der Waals surface area contributed by atoms with Gasteiger partial charge in [-0.1, -0.05) is 76.9 Å². The zero-order valence-corrected chi connectivity index (χ0v) is 36.0. The number of halogens is 6. The van der Waals surface area contributed by atoms with Gasteiger partial charge in [0.2, 0.25) is 0 Å². The van der Waals surface area contributed by atoms with Crippen LogP contribution in [0.2, 0.25) is 0 Å². The Bertz CT molecular complexity index is 1030. The molecule has 0 aromatic rings. The molecule has 0 radical (unpaired) electrons. The van der Waals surface area contributed by atoms with Crippen molar-refractivity contribution >= 4 is 115 Å². The summed E-state index contributed by atoms with van der Waals surface area (Å²) in [5.74, 6) is -0.975. The van der Waals surface area contributed by atoms with Crippen LogP contribution in [0.15, 0.2) is 24.3 Å². The van der Waals surface area contributed by atoms with E-state index in [4.69, 9.17) is 50.8 Å². The molecule has 47 heavy (non-hydrogen) atoms. The average Bonchev–Trinajstić information content (AvgIpc) is 2.97. The van der Waals surface area contributed by atoms with Crippen LogP contribution in [0.5, 0.6) is 0 Å². The van der Waals surface area contributed by atoms with Crippen LogP contribution in [0.25, 0.3) is 0 Å². The molecule has 4 atom stereocenters. The summed E-state index contributed by atoms with van der Waals surface area (Å²) in [7, 11) is -9.25. The van der Waals surface area contributed by atoms with Crippen molar-refractivity contribution in [2.45, 2.75) is 72.8 Å². The third-order valence-corrected chi connectivity index (χ3v) is 10.7. The van der Waals surface area contributed by atoms with E-state index in [9.17, 15) is 28.5 Å². The summed E-state index contributed by atoms with van der Waals surface area (Å²) >= 11 is 26.0. The van der Waals surface area contributed by atoms with Gasteiger partial charge in [0, 0.05) is 27.2 Å². The topological polar surface area (TPSA) is 164 Å². The van der Waals surface area contributed by atoms with Crippen molar-refractivity contribution in [1.82, 2.24) is 0 Å². The van der Waals surface area contributed by atoms with Gasteiger partial charge in [0.05, 0.1) is 39.6 Å². The van der Waals surface area contributed by atoms with Crippen molar-refractivity contribution in [2.24, 2.45) is 5.41 Å². The molecule has 0 saturated carbocycles. The number of carbonyl (C=O) groups is 2. The molecule has 0 bridgehead atoms. The number of phosphoric ester groups is 2. The van der Waals surface area contributed by atoms with Crippen LogP contribution in [-0.2, 0) is 46.3 Å². The fraction of sp³-hybridized carbons (Fsp3) is 0.778. The molecule has 0 spiro atoms. The lowest BCUT2D eigenvalue weighted by Gasteiger charge is -2.33. The monoisotopic (exact) mass is 1010 g/mol. The summed E-state index contributed by atoms with van der Waals surface area (Å²) in [6.45, 7) is 8.94. The largest absolute Gasteiger partial charge is 0.472 e. The highest BCUT2D eigenvalue weighted by Gasteiger charge is 2.39. The minimum absolute atomic E-state index is 0.171. The Kier molecular flexibility index (Phi) is 24.2. The number of alkyl halides is 6. The summed E-state index contributed by atoms with van der Waals surface area (Å²) in [4.78, 5) is 43.7. The molecule has 0 aliphatic heterocycles. The van der Waals surface area contributed by atoms with Crippen LogP contribution in [0.1, 0.15) is 65.2 Å². The van der Waals surface area contributed by atoms with E-state index in [0.29, 0.717) is 73.2 Å². The number of hydrogen-bond acceptors (Lipinski definition) is 10. The molecule has 0 fully saturated rings. The quantitative estimate of drug-likeness (QED) is 0.0252. The zero-order chi connectivity index (χ0) is 36.4. The molecule has 20 heteroatoms.